The van der Waals surface area contributed by atoms with Crippen LogP contribution in [0.5, 0.6) is 0 Å². The Bertz CT molecular complexity index is 1330. The second kappa shape index (κ2) is 13.0. The summed E-state index contributed by atoms with van der Waals surface area (Å²) in [6, 6.07) is 5.06. The number of carbonyl (C=O) groups is 3. The van der Waals surface area contributed by atoms with E-state index >= 15 is 0 Å². The molecule has 1 aromatic rings. The van der Waals surface area contributed by atoms with Gasteiger partial charge in [0.1, 0.15) is 18.1 Å². The van der Waals surface area contributed by atoms with E-state index < -0.39 is 23.7 Å². The maximum absolute atomic E-state index is 14.5. The van der Waals surface area contributed by atoms with E-state index in [0.29, 0.717) is 12.0 Å². The average Bonchev–Trinajstić information content (AvgIpc) is 3.35. The van der Waals surface area contributed by atoms with Crippen molar-refractivity contribution in [3.8, 4) is 0 Å². The summed E-state index contributed by atoms with van der Waals surface area (Å²) in [7, 11) is 1.60. The molecule has 0 saturated carbocycles. The lowest BCUT2D eigenvalue weighted by atomic mass is 9.87. The van der Waals surface area contributed by atoms with Gasteiger partial charge in [-0.25, -0.2) is 0 Å². The minimum absolute atomic E-state index is 0.0271. The van der Waals surface area contributed by atoms with Crippen LogP contribution in [-0.2, 0) is 14.4 Å². The molecule has 2 aliphatic carbocycles. The Balaban J connectivity index is 1.73. The highest BCUT2D eigenvalue weighted by Crippen LogP contribution is 2.41. The number of allylic oxidation sites excluding steroid dienone is 6. The van der Waals surface area contributed by atoms with Crippen LogP contribution in [0.3, 0.4) is 0 Å². The van der Waals surface area contributed by atoms with E-state index in [4.69, 9.17) is 0 Å². The minimum Gasteiger partial charge on any atom is -0.349 e. The highest BCUT2D eigenvalue weighted by Gasteiger charge is 2.49. The molecule has 2 N–H and O–H groups in total. The maximum atomic E-state index is 14.5. The Kier molecular flexibility index (Phi) is 9.64. The number of nitrogens with one attached hydrogen (secondary N) is 2. The molecule has 1 aliphatic heterocycles. The molecule has 4 atom stereocenters. The van der Waals surface area contributed by atoms with Gasteiger partial charge in [-0.2, -0.15) is 10.2 Å². The normalized spacial score (nSPS) is 23.6. The van der Waals surface area contributed by atoms with Gasteiger partial charge < -0.3 is 15.5 Å². The number of nitrogens with zero attached hydrogens (tertiary/aromatic N) is 3. The Hall–Kier alpha value is -3.81. The SMILES string of the molecule is C=C(/C=C\N=NC)c1ccc([C@H](C(=O)NC(C)(C)C)N2C(=O)[C@@H](C3CC4=C(CCC=C4)C3)NC(=O)[C@H]2CC(C)C)cc1. The Morgan fingerprint density at radius 3 is 2.52 bits per heavy atom. The molecule has 0 spiro atoms. The van der Waals surface area contributed by atoms with Gasteiger partial charge in [-0.15, -0.1) is 0 Å². The summed E-state index contributed by atoms with van der Waals surface area (Å²) in [5.41, 5.74) is 4.38. The van der Waals surface area contributed by atoms with Crippen molar-refractivity contribution in [3.05, 3.63) is 77.5 Å². The van der Waals surface area contributed by atoms with Crippen LogP contribution in [0.25, 0.3) is 5.57 Å². The molecular weight excluding hydrogens is 526 g/mol. The monoisotopic (exact) mass is 571 g/mol. The molecule has 42 heavy (non-hydrogen) atoms. The molecule has 3 amide bonds. The van der Waals surface area contributed by atoms with Crippen LogP contribution in [0.2, 0.25) is 0 Å². The van der Waals surface area contributed by atoms with Gasteiger partial charge in [-0.3, -0.25) is 14.4 Å². The lowest BCUT2D eigenvalue weighted by molar-refractivity contribution is -0.158. The molecule has 0 aromatic heterocycles. The van der Waals surface area contributed by atoms with E-state index in [1.54, 1.807) is 24.2 Å². The van der Waals surface area contributed by atoms with E-state index in [1.165, 1.54) is 11.1 Å². The molecule has 1 aromatic carbocycles. The number of rotatable bonds is 9. The molecule has 0 radical (unpaired) electrons. The number of piperazine rings is 1. The van der Waals surface area contributed by atoms with E-state index in [9.17, 15) is 14.4 Å². The molecule has 1 fully saturated rings. The van der Waals surface area contributed by atoms with Crippen LogP contribution in [0.4, 0.5) is 0 Å². The first-order valence-corrected chi connectivity index (χ1v) is 15.0. The van der Waals surface area contributed by atoms with E-state index in [1.807, 2.05) is 58.9 Å². The second-order valence-corrected chi connectivity index (χ2v) is 13.0. The molecule has 224 valence electrons. The van der Waals surface area contributed by atoms with Crippen molar-refractivity contribution in [1.82, 2.24) is 15.5 Å². The molecular formula is C34H45N5O3. The second-order valence-electron chi connectivity index (χ2n) is 13.0. The van der Waals surface area contributed by atoms with Crippen molar-refractivity contribution in [2.24, 2.45) is 22.1 Å². The maximum Gasteiger partial charge on any atom is 0.247 e. The quantitative estimate of drug-likeness (QED) is 0.279. The summed E-state index contributed by atoms with van der Waals surface area (Å²) < 4.78 is 0. The highest BCUT2D eigenvalue weighted by atomic mass is 16.2. The largest absolute Gasteiger partial charge is 0.349 e. The highest BCUT2D eigenvalue weighted by molar-refractivity contribution is 6.00. The van der Waals surface area contributed by atoms with Gasteiger partial charge in [-0.1, -0.05) is 62.4 Å². The molecule has 1 heterocycles. The number of benzene rings is 1. The van der Waals surface area contributed by atoms with Crippen molar-refractivity contribution in [2.45, 2.75) is 90.4 Å². The summed E-state index contributed by atoms with van der Waals surface area (Å²) in [6.45, 7) is 13.9. The molecule has 0 bridgehead atoms. The molecule has 8 nitrogen and oxygen atoms in total. The number of amides is 3. The standard InChI is InChI=1S/C34H45N5O3/c1-21(2)18-28-31(40)37-29(27-19-25-10-8-9-11-26(25)20-27)33(42)39(28)30(32(41)38-34(4,5)6)24-14-12-23(13-15-24)22(3)16-17-36-35-7/h8,10,12-17,21,27-30H,3,9,11,18-20H2,1-2,4-7H3,(H,37,40)(H,38,41)/b17-16-,36-35?/t27?,28-,29-,30-/m1/s1. The summed E-state index contributed by atoms with van der Waals surface area (Å²) in [4.78, 5) is 43.9. The lowest BCUT2D eigenvalue weighted by Crippen LogP contribution is -2.67. The third-order valence-corrected chi connectivity index (χ3v) is 8.08. The fraction of sp³-hybridized carbons (Fsp3) is 0.500. The minimum atomic E-state index is -0.968. The number of carbonyl (C=O) groups excluding carboxylic acids is 3. The Labute approximate surface area is 250 Å². The first-order chi connectivity index (χ1) is 19.9. The van der Waals surface area contributed by atoms with E-state index in [0.717, 1.165) is 36.8 Å². The van der Waals surface area contributed by atoms with E-state index in [2.05, 4.69) is 39.6 Å². The first-order valence-electron chi connectivity index (χ1n) is 15.0. The van der Waals surface area contributed by atoms with Crippen molar-refractivity contribution >= 4 is 23.3 Å². The molecule has 4 rings (SSSR count). The van der Waals surface area contributed by atoms with Gasteiger partial charge in [-0.05, 0) is 93.1 Å². The Morgan fingerprint density at radius 1 is 1.19 bits per heavy atom. The van der Waals surface area contributed by atoms with Gasteiger partial charge in [0.25, 0.3) is 0 Å². The smallest absolute Gasteiger partial charge is 0.247 e. The fourth-order valence-electron chi connectivity index (χ4n) is 6.20. The molecule has 1 unspecified atom stereocenters. The zero-order valence-electron chi connectivity index (χ0n) is 25.8. The van der Waals surface area contributed by atoms with Crippen LogP contribution in [-0.4, -0.2) is 47.3 Å². The van der Waals surface area contributed by atoms with Crippen LogP contribution in [0.15, 0.2) is 76.6 Å². The van der Waals surface area contributed by atoms with Gasteiger partial charge in [0.15, 0.2) is 0 Å². The Morgan fingerprint density at radius 2 is 1.90 bits per heavy atom. The molecule has 3 aliphatic rings. The van der Waals surface area contributed by atoms with Crippen molar-refractivity contribution < 1.29 is 14.4 Å². The zero-order valence-corrected chi connectivity index (χ0v) is 25.8. The summed E-state index contributed by atoms with van der Waals surface area (Å²) in [5, 5.41) is 13.8. The van der Waals surface area contributed by atoms with Crippen LogP contribution in [0, 0.1) is 11.8 Å². The fourth-order valence-corrected chi connectivity index (χ4v) is 6.20. The third-order valence-electron chi connectivity index (χ3n) is 8.08. The van der Waals surface area contributed by atoms with Gasteiger partial charge in [0.2, 0.25) is 17.7 Å². The van der Waals surface area contributed by atoms with E-state index in [-0.39, 0.29) is 29.6 Å². The van der Waals surface area contributed by atoms with Crippen molar-refractivity contribution in [1.29, 1.82) is 0 Å². The topological polar surface area (TPSA) is 103 Å². The molecule has 8 heteroatoms. The first kappa shape index (κ1) is 31.1. The number of hydrogen-bond acceptors (Lipinski definition) is 5. The van der Waals surface area contributed by atoms with Gasteiger partial charge in [0, 0.05) is 18.8 Å². The van der Waals surface area contributed by atoms with Crippen molar-refractivity contribution in [2.75, 3.05) is 7.05 Å². The average molecular weight is 572 g/mol. The van der Waals surface area contributed by atoms with Crippen molar-refractivity contribution in [3.63, 3.8) is 0 Å². The number of hydrogen-bond donors (Lipinski definition) is 2. The van der Waals surface area contributed by atoms with Crippen LogP contribution >= 0.6 is 0 Å². The molecule has 1 saturated heterocycles. The summed E-state index contributed by atoms with van der Waals surface area (Å²) in [6.07, 6.45) is 11.7. The lowest BCUT2D eigenvalue weighted by Gasteiger charge is -2.45. The van der Waals surface area contributed by atoms with Crippen LogP contribution in [0.1, 0.15) is 83.9 Å². The predicted octanol–water partition coefficient (Wildman–Crippen LogP) is 6.05. The van der Waals surface area contributed by atoms with Gasteiger partial charge in [0.05, 0.1) is 0 Å². The van der Waals surface area contributed by atoms with Gasteiger partial charge >= 0.3 is 0 Å². The zero-order chi connectivity index (χ0) is 30.6. The summed E-state index contributed by atoms with van der Waals surface area (Å²) in [5.74, 6) is -0.574. The number of azo groups is 1. The summed E-state index contributed by atoms with van der Waals surface area (Å²) >= 11 is 0. The predicted molar refractivity (Wildman–Crippen MR) is 166 cm³/mol. The van der Waals surface area contributed by atoms with Crippen LogP contribution < -0.4 is 10.6 Å². The third kappa shape index (κ3) is 7.15.